The number of hydrogen-bond donors (Lipinski definition) is 4. The molecule has 0 spiro atoms. The summed E-state index contributed by atoms with van der Waals surface area (Å²) in [5, 5.41) is 0. The van der Waals surface area contributed by atoms with Crippen molar-refractivity contribution in [2.45, 2.75) is 39.0 Å². The van der Waals surface area contributed by atoms with E-state index >= 15 is 0 Å². The van der Waals surface area contributed by atoms with E-state index in [2.05, 4.69) is 0 Å². The van der Waals surface area contributed by atoms with Crippen molar-refractivity contribution in [3.05, 3.63) is 33.9 Å². The highest BCUT2D eigenvalue weighted by Gasteiger charge is 2.27. The third kappa shape index (κ3) is 4.09. The maximum absolute atomic E-state index is 11.8. The molecule has 0 heterocycles. The topological polar surface area (TPSA) is 172 Å². The minimum atomic E-state index is -0.947. The number of amides is 4. The van der Waals surface area contributed by atoms with Crippen LogP contribution in [0.4, 0.5) is 0 Å². The highest BCUT2D eigenvalue weighted by Crippen LogP contribution is 2.25. The molecular weight excluding hydrogens is 312 g/mol. The number of unbranched alkanes of at least 4 members (excludes halogenated alkanes) is 3. The second-order valence-electron chi connectivity index (χ2n) is 5.47. The van der Waals surface area contributed by atoms with Gasteiger partial charge in [-0.1, -0.05) is 26.2 Å². The highest BCUT2D eigenvalue weighted by molar-refractivity contribution is 6.14. The molecule has 8 heteroatoms. The molecule has 0 atom stereocenters. The van der Waals surface area contributed by atoms with Crippen molar-refractivity contribution in [3.8, 4) is 0 Å². The summed E-state index contributed by atoms with van der Waals surface area (Å²) in [5.74, 6) is -3.74. The quantitative estimate of drug-likeness (QED) is 0.473. The fourth-order valence-electron chi connectivity index (χ4n) is 2.67. The lowest BCUT2D eigenvalue weighted by Gasteiger charge is -2.17. The van der Waals surface area contributed by atoms with Crippen LogP contribution >= 0.6 is 0 Å². The first kappa shape index (κ1) is 19.1. The zero-order chi connectivity index (χ0) is 18.4. The largest absolute Gasteiger partial charge is 0.366 e. The van der Waals surface area contributed by atoms with Crippen LogP contribution in [0.5, 0.6) is 0 Å². The average Bonchev–Trinajstić information content (AvgIpc) is 2.49. The van der Waals surface area contributed by atoms with Gasteiger partial charge in [0.1, 0.15) is 0 Å². The van der Waals surface area contributed by atoms with E-state index in [4.69, 9.17) is 22.9 Å². The molecule has 1 aromatic rings. The van der Waals surface area contributed by atoms with Crippen molar-refractivity contribution in [2.24, 2.45) is 22.9 Å². The van der Waals surface area contributed by atoms with Crippen LogP contribution in [0.3, 0.4) is 0 Å². The summed E-state index contributed by atoms with van der Waals surface area (Å²) >= 11 is 0. The van der Waals surface area contributed by atoms with Crippen molar-refractivity contribution >= 4 is 23.6 Å². The van der Waals surface area contributed by atoms with Gasteiger partial charge in [0, 0.05) is 0 Å². The van der Waals surface area contributed by atoms with E-state index in [-0.39, 0.29) is 34.2 Å². The molecule has 0 aliphatic heterocycles. The van der Waals surface area contributed by atoms with Crippen LogP contribution in [0.15, 0.2) is 6.07 Å². The van der Waals surface area contributed by atoms with Gasteiger partial charge in [-0.3, -0.25) is 19.2 Å². The molecule has 1 rings (SSSR count). The van der Waals surface area contributed by atoms with Crippen LogP contribution in [-0.4, -0.2) is 23.6 Å². The first-order valence-electron chi connectivity index (χ1n) is 7.61. The monoisotopic (exact) mass is 334 g/mol. The van der Waals surface area contributed by atoms with E-state index in [9.17, 15) is 19.2 Å². The van der Waals surface area contributed by atoms with Crippen LogP contribution in [0.2, 0.25) is 0 Å². The molecule has 0 aromatic heterocycles. The molecule has 0 saturated carbocycles. The Labute approximate surface area is 139 Å². The molecule has 24 heavy (non-hydrogen) atoms. The summed E-state index contributed by atoms with van der Waals surface area (Å²) in [5.41, 5.74) is 20.6. The lowest BCUT2D eigenvalue weighted by atomic mass is 9.87. The van der Waals surface area contributed by atoms with E-state index in [1.54, 1.807) is 0 Å². The van der Waals surface area contributed by atoms with Crippen molar-refractivity contribution in [3.63, 3.8) is 0 Å². The summed E-state index contributed by atoms with van der Waals surface area (Å²) < 4.78 is 0. The zero-order valence-corrected chi connectivity index (χ0v) is 13.6. The molecule has 0 aliphatic rings. The van der Waals surface area contributed by atoms with Crippen molar-refractivity contribution in [2.75, 3.05) is 0 Å². The molecule has 0 unspecified atom stereocenters. The zero-order valence-electron chi connectivity index (χ0n) is 13.6. The number of benzene rings is 1. The minimum absolute atomic E-state index is 0.149. The summed E-state index contributed by atoms with van der Waals surface area (Å²) in [6, 6.07) is 1.00. The number of primary amides is 4. The first-order valence-corrected chi connectivity index (χ1v) is 7.61. The van der Waals surface area contributed by atoms with Gasteiger partial charge in [-0.2, -0.15) is 0 Å². The predicted octanol–water partition coefficient (Wildman–Crippen LogP) is 0.205. The normalized spacial score (nSPS) is 10.4. The Kier molecular flexibility index (Phi) is 6.46. The molecule has 130 valence electrons. The third-order valence-electron chi connectivity index (χ3n) is 3.73. The smallest absolute Gasteiger partial charge is 0.249 e. The molecule has 0 radical (unpaired) electrons. The average molecular weight is 334 g/mol. The van der Waals surface area contributed by atoms with E-state index in [1.807, 2.05) is 6.92 Å². The lowest BCUT2D eigenvalue weighted by molar-refractivity contribution is 0.0955. The van der Waals surface area contributed by atoms with Gasteiger partial charge >= 0.3 is 0 Å². The maximum Gasteiger partial charge on any atom is 0.249 e. The summed E-state index contributed by atoms with van der Waals surface area (Å²) in [6.07, 6.45) is 3.64. The van der Waals surface area contributed by atoms with Crippen LogP contribution < -0.4 is 22.9 Å². The molecule has 8 nitrogen and oxygen atoms in total. The minimum Gasteiger partial charge on any atom is -0.366 e. The van der Waals surface area contributed by atoms with E-state index in [1.165, 1.54) is 0 Å². The Bertz CT molecular complexity index is 648. The van der Waals surface area contributed by atoms with Gasteiger partial charge in [-0.25, -0.2) is 0 Å². The van der Waals surface area contributed by atoms with Gasteiger partial charge in [0.25, 0.3) is 0 Å². The Hall–Kier alpha value is -2.90. The van der Waals surface area contributed by atoms with Gasteiger partial charge in [0.2, 0.25) is 23.6 Å². The van der Waals surface area contributed by atoms with Gasteiger partial charge in [0.05, 0.1) is 22.3 Å². The number of hydrogen-bond acceptors (Lipinski definition) is 4. The molecule has 4 amide bonds. The van der Waals surface area contributed by atoms with Gasteiger partial charge in [0.15, 0.2) is 0 Å². The molecule has 0 bridgehead atoms. The van der Waals surface area contributed by atoms with Crippen LogP contribution in [0.25, 0.3) is 0 Å². The summed E-state index contributed by atoms with van der Waals surface area (Å²) in [6.45, 7) is 2.03. The molecule has 1 aromatic carbocycles. The molecule has 0 aliphatic carbocycles. The van der Waals surface area contributed by atoms with Crippen molar-refractivity contribution < 1.29 is 19.2 Å². The van der Waals surface area contributed by atoms with Crippen LogP contribution in [0.1, 0.15) is 79.6 Å². The first-order chi connectivity index (χ1) is 11.2. The Morgan fingerprint density at radius 1 is 0.750 bits per heavy atom. The van der Waals surface area contributed by atoms with E-state index in [0.717, 1.165) is 25.3 Å². The number of rotatable bonds is 9. The number of carbonyl (C=O) groups is 4. The third-order valence-corrected chi connectivity index (χ3v) is 3.73. The van der Waals surface area contributed by atoms with Crippen LogP contribution in [0, 0.1) is 0 Å². The standard InChI is InChI=1S/C16H22N4O4/c1-2-3-4-5-6-8-11(15(19)23)9(13(17)21)7-10(14(18)22)12(8)16(20)24/h7H,2-6H2,1H3,(H2,17,21)(H2,18,22)(H2,19,23)(H2,20,24). The Morgan fingerprint density at radius 2 is 1.21 bits per heavy atom. The number of carbonyl (C=O) groups excluding carboxylic acids is 4. The second-order valence-corrected chi connectivity index (χ2v) is 5.47. The van der Waals surface area contributed by atoms with Gasteiger partial charge in [-0.05, 0) is 24.5 Å². The molecule has 0 saturated heterocycles. The fraction of sp³-hybridized carbons (Fsp3) is 0.375. The SMILES string of the molecule is CCCCCCc1c(C(N)=O)c(C(N)=O)cc(C(N)=O)c1C(N)=O. The summed E-state index contributed by atoms with van der Waals surface area (Å²) in [7, 11) is 0. The summed E-state index contributed by atoms with van der Waals surface area (Å²) in [4.78, 5) is 47.0. The fourth-order valence-corrected chi connectivity index (χ4v) is 2.67. The molecule has 0 fully saturated rings. The van der Waals surface area contributed by atoms with Crippen molar-refractivity contribution in [1.82, 2.24) is 0 Å². The lowest BCUT2D eigenvalue weighted by Crippen LogP contribution is -2.29. The Balaban J connectivity index is 3.67. The molecule has 8 N–H and O–H groups in total. The number of nitrogens with two attached hydrogens (primary N) is 4. The van der Waals surface area contributed by atoms with E-state index in [0.29, 0.717) is 6.42 Å². The second kappa shape index (κ2) is 8.09. The molecular formula is C16H22N4O4. The highest BCUT2D eigenvalue weighted by atomic mass is 16.2. The Morgan fingerprint density at radius 3 is 1.54 bits per heavy atom. The van der Waals surface area contributed by atoms with Gasteiger partial charge < -0.3 is 22.9 Å². The predicted molar refractivity (Wildman–Crippen MR) is 88.4 cm³/mol. The maximum atomic E-state index is 11.8. The van der Waals surface area contributed by atoms with Gasteiger partial charge in [-0.15, -0.1) is 0 Å². The van der Waals surface area contributed by atoms with Crippen LogP contribution in [-0.2, 0) is 6.42 Å². The van der Waals surface area contributed by atoms with E-state index < -0.39 is 23.6 Å². The van der Waals surface area contributed by atoms with Crippen molar-refractivity contribution in [1.29, 1.82) is 0 Å².